The lowest BCUT2D eigenvalue weighted by molar-refractivity contribution is 0.161. The molecule has 0 aromatic carbocycles. The van der Waals surface area contributed by atoms with Crippen molar-refractivity contribution in [2.24, 2.45) is 4.99 Å². The lowest BCUT2D eigenvalue weighted by Crippen LogP contribution is -2.50. The minimum absolute atomic E-state index is 0.381. The summed E-state index contributed by atoms with van der Waals surface area (Å²) in [5, 5.41) is 4.67. The fourth-order valence-electron chi connectivity index (χ4n) is 2.50. The highest BCUT2D eigenvalue weighted by atomic mass is 32.2. The standard InChI is InChI=1S/C11H21N3S/c1-14(2)11(5-3-4-6-11)9-13-10-12-7-8-15-10/h3-9H2,1-2H3,(H,12,13). The molecular weight excluding hydrogens is 206 g/mol. The molecule has 86 valence electrons. The lowest BCUT2D eigenvalue weighted by atomic mass is 9.96. The summed E-state index contributed by atoms with van der Waals surface area (Å²) in [6.07, 6.45) is 5.40. The van der Waals surface area contributed by atoms with Crippen molar-refractivity contribution in [3.8, 4) is 0 Å². The monoisotopic (exact) mass is 227 g/mol. The van der Waals surface area contributed by atoms with Gasteiger partial charge >= 0.3 is 0 Å². The minimum Gasteiger partial charge on any atom is -0.363 e. The van der Waals surface area contributed by atoms with Crippen molar-refractivity contribution in [2.75, 3.05) is 32.9 Å². The normalized spacial score (nSPS) is 24.6. The van der Waals surface area contributed by atoms with Crippen LogP contribution in [0.25, 0.3) is 0 Å². The zero-order chi connectivity index (χ0) is 10.7. The van der Waals surface area contributed by atoms with E-state index in [0.717, 1.165) is 24.0 Å². The molecule has 0 spiro atoms. The number of hydrogen-bond acceptors (Lipinski definition) is 4. The second-order valence-electron chi connectivity index (χ2n) is 4.71. The molecule has 1 aliphatic carbocycles. The van der Waals surface area contributed by atoms with Crippen LogP contribution < -0.4 is 5.32 Å². The molecule has 0 bridgehead atoms. The van der Waals surface area contributed by atoms with Crippen LogP contribution in [0, 0.1) is 0 Å². The van der Waals surface area contributed by atoms with Crippen molar-refractivity contribution in [2.45, 2.75) is 31.2 Å². The SMILES string of the molecule is CN(C)C1(CNC2=NCCS2)CCCC1. The quantitative estimate of drug-likeness (QED) is 0.793. The van der Waals surface area contributed by atoms with E-state index in [2.05, 4.69) is 29.3 Å². The third-order valence-electron chi connectivity index (χ3n) is 3.64. The number of hydrogen-bond donors (Lipinski definition) is 1. The average Bonchev–Trinajstić information content (AvgIpc) is 2.87. The summed E-state index contributed by atoms with van der Waals surface area (Å²) < 4.78 is 0. The molecule has 1 aliphatic heterocycles. The van der Waals surface area contributed by atoms with Crippen LogP contribution >= 0.6 is 11.8 Å². The van der Waals surface area contributed by atoms with Gasteiger partial charge in [0, 0.05) is 17.8 Å². The van der Waals surface area contributed by atoms with Gasteiger partial charge in [-0.2, -0.15) is 0 Å². The summed E-state index contributed by atoms with van der Waals surface area (Å²) in [4.78, 5) is 6.83. The summed E-state index contributed by atoms with van der Waals surface area (Å²) in [6, 6.07) is 0. The molecule has 2 aliphatic rings. The molecule has 0 radical (unpaired) electrons. The van der Waals surface area contributed by atoms with Gasteiger partial charge in [0.05, 0.1) is 6.54 Å². The van der Waals surface area contributed by atoms with Crippen molar-refractivity contribution in [1.82, 2.24) is 10.2 Å². The summed E-state index contributed by atoms with van der Waals surface area (Å²) >= 11 is 1.86. The van der Waals surface area contributed by atoms with Gasteiger partial charge in [-0.3, -0.25) is 4.99 Å². The smallest absolute Gasteiger partial charge is 0.156 e. The Morgan fingerprint density at radius 3 is 2.67 bits per heavy atom. The van der Waals surface area contributed by atoms with Gasteiger partial charge in [0.25, 0.3) is 0 Å². The predicted molar refractivity (Wildman–Crippen MR) is 67.6 cm³/mol. The summed E-state index contributed by atoms with van der Waals surface area (Å²) in [5.41, 5.74) is 0.381. The Bertz CT molecular complexity index is 244. The molecule has 0 aromatic heterocycles. The summed E-state index contributed by atoms with van der Waals surface area (Å²) in [6.45, 7) is 2.05. The number of amidine groups is 1. The molecule has 0 aromatic rings. The highest BCUT2D eigenvalue weighted by Gasteiger charge is 2.35. The molecule has 1 saturated carbocycles. The van der Waals surface area contributed by atoms with E-state index in [1.807, 2.05) is 11.8 Å². The third kappa shape index (κ3) is 2.48. The molecule has 4 heteroatoms. The maximum absolute atomic E-state index is 4.44. The van der Waals surface area contributed by atoms with Crippen LogP contribution in [0.2, 0.25) is 0 Å². The van der Waals surface area contributed by atoms with Gasteiger partial charge < -0.3 is 10.2 Å². The zero-order valence-electron chi connectivity index (χ0n) is 9.75. The highest BCUT2D eigenvalue weighted by molar-refractivity contribution is 8.14. The Morgan fingerprint density at radius 2 is 2.13 bits per heavy atom. The van der Waals surface area contributed by atoms with Crippen LogP contribution in [0.1, 0.15) is 25.7 Å². The van der Waals surface area contributed by atoms with Gasteiger partial charge in [-0.05, 0) is 26.9 Å². The molecule has 15 heavy (non-hydrogen) atoms. The van der Waals surface area contributed by atoms with Crippen molar-refractivity contribution >= 4 is 16.9 Å². The first-order chi connectivity index (χ1) is 7.23. The topological polar surface area (TPSA) is 27.6 Å². The minimum atomic E-state index is 0.381. The van der Waals surface area contributed by atoms with Gasteiger partial charge in [0.15, 0.2) is 5.17 Å². The van der Waals surface area contributed by atoms with Gasteiger partial charge in [0.2, 0.25) is 0 Å². The Morgan fingerprint density at radius 1 is 1.40 bits per heavy atom. The first-order valence-corrected chi connectivity index (χ1v) is 6.80. The molecular formula is C11H21N3S. The summed E-state index contributed by atoms with van der Waals surface area (Å²) in [7, 11) is 4.41. The zero-order valence-corrected chi connectivity index (χ0v) is 10.6. The van der Waals surface area contributed by atoms with E-state index in [4.69, 9.17) is 0 Å². The maximum atomic E-state index is 4.44. The van der Waals surface area contributed by atoms with Crippen LogP contribution in [0.5, 0.6) is 0 Å². The molecule has 1 heterocycles. The second-order valence-corrected chi connectivity index (χ2v) is 5.80. The number of thioether (sulfide) groups is 1. The molecule has 2 rings (SSSR count). The van der Waals surface area contributed by atoms with Gasteiger partial charge in [-0.15, -0.1) is 0 Å². The number of rotatable bonds is 3. The van der Waals surface area contributed by atoms with E-state index in [9.17, 15) is 0 Å². The molecule has 0 amide bonds. The first kappa shape index (κ1) is 11.3. The Kier molecular flexibility index (Phi) is 3.57. The predicted octanol–water partition coefficient (Wildman–Crippen LogP) is 1.55. The maximum Gasteiger partial charge on any atom is 0.156 e. The molecule has 1 fully saturated rings. The van der Waals surface area contributed by atoms with Crippen molar-refractivity contribution < 1.29 is 0 Å². The Balaban J connectivity index is 1.89. The van der Waals surface area contributed by atoms with E-state index in [-0.39, 0.29) is 0 Å². The highest BCUT2D eigenvalue weighted by Crippen LogP contribution is 2.33. The van der Waals surface area contributed by atoms with E-state index in [0.29, 0.717) is 5.54 Å². The van der Waals surface area contributed by atoms with Crippen LogP contribution in [-0.2, 0) is 0 Å². The van der Waals surface area contributed by atoms with Gasteiger partial charge in [-0.25, -0.2) is 0 Å². The third-order valence-corrected chi connectivity index (χ3v) is 4.57. The number of nitrogens with one attached hydrogen (secondary N) is 1. The van der Waals surface area contributed by atoms with Crippen molar-refractivity contribution in [3.63, 3.8) is 0 Å². The van der Waals surface area contributed by atoms with E-state index < -0.39 is 0 Å². The first-order valence-electron chi connectivity index (χ1n) is 5.81. The van der Waals surface area contributed by atoms with Crippen molar-refractivity contribution in [3.05, 3.63) is 0 Å². The van der Waals surface area contributed by atoms with Crippen LogP contribution in [0.3, 0.4) is 0 Å². The average molecular weight is 227 g/mol. The fourth-order valence-corrected chi connectivity index (χ4v) is 3.23. The van der Waals surface area contributed by atoms with E-state index in [1.165, 1.54) is 25.7 Å². The van der Waals surface area contributed by atoms with Crippen molar-refractivity contribution in [1.29, 1.82) is 0 Å². The fraction of sp³-hybridized carbons (Fsp3) is 0.909. The molecule has 0 atom stereocenters. The second kappa shape index (κ2) is 4.74. The van der Waals surface area contributed by atoms with Gasteiger partial charge in [0.1, 0.15) is 0 Å². The van der Waals surface area contributed by atoms with Crippen LogP contribution in [-0.4, -0.2) is 48.5 Å². The lowest BCUT2D eigenvalue weighted by Gasteiger charge is -2.36. The number of nitrogens with zero attached hydrogens (tertiary/aromatic N) is 2. The van der Waals surface area contributed by atoms with Crippen LogP contribution in [0.4, 0.5) is 0 Å². The van der Waals surface area contributed by atoms with Gasteiger partial charge in [-0.1, -0.05) is 24.6 Å². The molecule has 0 saturated heterocycles. The van der Waals surface area contributed by atoms with E-state index >= 15 is 0 Å². The number of likely N-dealkylation sites (N-methyl/N-ethyl adjacent to an activating group) is 1. The summed E-state index contributed by atoms with van der Waals surface area (Å²) in [5.74, 6) is 1.15. The Hall–Kier alpha value is -0.220. The van der Waals surface area contributed by atoms with E-state index in [1.54, 1.807) is 0 Å². The number of aliphatic imine (C=N–C) groups is 1. The molecule has 1 N–H and O–H groups in total. The molecule has 0 unspecified atom stereocenters. The molecule has 3 nitrogen and oxygen atoms in total. The van der Waals surface area contributed by atoms with Crippen LogP contribution in [0.15, 0.2) is 4.99 Å². The largest absolute Gasteiger partial charge is 0.363 e. The Labute approximate surface area is 96.7 Å².